The van der Waals surface area contributed by atoms with Gasteiger partial charge in [-0.1, -0.05) is 0 Å². The van der Waals surface area contributed by atoms with E-state index in [1.165, 1.54) is 0 Å². The van der Waals surface area contributed by atoms with Crippen molar-refractivity contribution < 1.29 is 34.8 Å². The molecule has 7 nitrogen and oxygen atoms in total. The maximum Gasteiger partial charge on any atom is 0.313 e. The van der Waals surface area contributed by atoms with Gasteiger partial charge in [0.25, 0.3) is 0 Å². The summed E-state index contributed by atoms with van der Waals surface area (Å²) in [4.78, 5) is 22.4. The van der Waals surface area contributed by atoms with Crippen LogP contribution in [0.15, 0.2) is 0 Å². The first-order chi connectivity index (χ1) is 8.57. The van der Waals surface area contributed by atoms with Gasteiger partial charge >= 0.3 is 11.9 Å². The molecule has 0 rings (SSSR count). The second kappa shape index (κ2) is 9.95. The van der Waals surface area contributed by atoms with Gasteiger partial charge in [-0.25, -0.2) is 0 Å². The molecule has 0 aliphatic carbocycles. The summed E-state index contributed by atoms with van der Waals surface area (Å²) in [5.74, 6) is -2.60. The molecule has 0 bridgehead atoms. The highest BCUT2D eigenvalue weighted by Crippen LogP contribution is 2.08. The fourth-order valence-corrected chi connectivity index (χ4v) is 1.20. The predicted molar refractivity (Wildman–Crippen MR) is 60.3 cm³/mol. The summed E-state index contributed by atoms with van der Waals surface area (Å²) >= 11 is 0. The van der Waals surface area contributed by atoms with E-state index in [9.17, 15) is 9.59 Å². The molecule has 0 radical (unpaired) electrons. The molecule has 0 amide bonds. The molecule has 0 saturated carbocycles. The highest BCUT2D eigenvalue weighted by Gasteiger charge is 2.17. The molecule has 0 aromatic heterocycles. The molecule has 0 saturated heterocycles. The lowest BCUT2D eigenvalue weighted by atomic mass is 10.1. The average molecular weight is 264 g/mol. The van der Waals surface area contributed by atoms with Crippen molar-refractivity contribution in [2.24, 2.45) is 11.8 Å². The van der Waals surface area contributed by atoms with Crippen LogP contribution < -0.4 is 0 Å². The monoisotopic (exact) mass is 264 g/mol. The Morgan fingerprint density at radius 2 is 1.33 bits per heavy atom. The van der Waals surface area contributed by atoms with Gasteiger partial charge in [0.2, 0.25) is 0 Å². The number of hydrogen-bond donors (Lipinski definition) is 4. The van der Waals surface area contributed by atoms with Crippen molar-refractivity contribution in [1.82, 2.24) is 0 Å². The summed E-state index contributed by atoms with van der Waals surface area (Å²) in [5, 5.41) is 35.0. The molecule has 0 aliphatic rings. The standard InChI is InChI=1S/C11H20O7/c12-4-8(5-13)1-2-10(16)18-11(17)3-9(6-14)7-15/h8-9,12-15H,1-7H2. The third kappa shape index (κ3) is 7.33. The van der Waals surface area contributed by atoms with Crippen LogP contribution in [-0.2, 0) is 14.3 Å². The third-order valence-corrected chi connectivity index (χ3v) is 2.47. The van der Waals surface area contributed by atoms with Crippen LogP contribution in [0.25, 0.3) is 0 Å². The Labute approximate surface area is 105 Å². The van der Waals surface area contributed by atoms with Crippen molar-refractivity contribution in [1.29, 1.82) is 0 Å². The molecule has 7 heteroatoms. The van der Waals surface area contributed by atoms with E-state index in [0.29, 0.717) is 0 Å². The first-order valence-electron chi connectivity index (χ1n) is 5.74. The van der Waals surface area contributed by atoms with E-state index in [2.05, 4.69) is 4.74 Å². The number of carbonyl (C=O) groups excluding carboxylic acids is 2. The minimum atomic E-state index is -0.808. The summed E-state index contributed by atoms with van der Waals surface area (Å²) < 4.78 is 4.46. The largest absolute Gasteiger partial charge is 0.396 e. The van der Waals surface area contributed by atoms with Gasteiger partial charge in [-0.15, -0.1) is 0 Å². The van der Waals surface area contributed by atoms with E-state index in [0.717, 1.165) is 0 Å². The molecule has 4 N–H and O–H groups in total. The molecule has 0 spiro atoms. The van der Waals surface area contributed by atoms with Gasteiger partial charge in [-0.05, 0) is 6.42 Å². The Balaban J connectivity index is 3.90. The summed E-state index contributed by atoms with van der Waals surface area (Å²) in [5.41, 5.74) is 0. The normalized spacial score (nSPS) is 11.0. The van der Waals surface area contributed by atoms with Crippen molar-refractivity contribution in [2.45, 2.75) is 19.3 Å². The van der Waals surface area contributed by atoms with Gasteiger partial charge in [0.05, 0.1) is 6.42 Å². The Bertz CT molecular complexity index is 246. The van der Waals surface area contributed by atoms with Crippen LogP contribution in [0.4, 0.5) is 0 Å². The van der Waals surface area contributed by atoms with E-state index < -0.39 is 23.8 Å². The van der Waals surface area contributed by atoms with E-state index in [-0.39, 0.29) is 45.7 Å². The molecular weight excluding hydrogens is 244 g/mol. The molecule has 0 atom stereocenters. The lowest BCUT2D eigenvalue weighted by molar-refractivity contribution is -0.161. The van der Waals surface area contributed by atoms with Crippen molar-refractivity contribution >= 4 is 11.9 Å². The number of aliphatic hydroxyl groups excluding tert-OH is 4. The highest BCUT2D eigenvalue weighted by atomic mass is 16.6. The lowest BCUT2D eigenvalue weighted by Gasteiger charge is -2.11. The maximum atomic E-state index is 11.2. The third-order valence-electron chi connectivity index (χ3n) is 2.47. The molecule has 0 aromatic rings. The van der Waals surface area contributed by atoms with Crippen LogP contribution in [0, 0.1) is 11.8 Å². The van der Waals surface area contributed by atoms with Gasteiger partial charge < -0.3 is 25.2 Å². The number of rotatable bonds is 9. The summed E-state index contributed by atoms with van der Waals surface area (Å²) in [7, 11) is 0. The average Bonchev–Trinajstić information content (AvgIpc) is 2.37. The second-order valence-electron chi connectivity index (χ2n) is 4.05. The van der Waals surface area contributed by atoms with E-state index >= 15 is 0 Å². The molecule has 0 fully saturated rings. The van der Waals surface area contributed by atoms with Crippen LogP contribution in [0.2, 0.25) is 0 Å². The molecule has 0 aliphatic heterocycles. The number of aliphatic hydroxyl groups is 4. The molecular formula is C11H20O7. The zero-order valence-electron chi connectivity index (χ0n) is 10.1. The second-order valence-corrected chi connectivity index (χ2v) is 4.05. The Morgan fingerprint density at radius 3 is 1.78 bits per heavy atom. The Morgan fingerprint density at radius 1 is 0.833 bits per heavy atom. The van der Waals surface area contributed by atoms with Crippen LogP contribution in [0.5, 0.6) is 0 Å². The van der Waals surface area contributed by atoms with E-state index in [4.69, 9.17) is 20.4 Å². The minimum Gasteiger partial charge on any atom is -0.396 e. The topological polar surface area (TPSA) is 124 Å². The summed E-state index contributed by atoms with van der Waals surface area (Å²) in [6.45, 7) is -1.21. The molecule has 106 valence electrons. The number of ether oxygens (including phenoxy) is 1. The van der Waals surface area contributed by atoms with Gasteiger partial charge in [0.1, 0.15) is 0 Å². The summed E-state index contributed by atoms with van der Waals surface area (Å²) in [6.07, 6.45) is -0.0921. The van der Waals surface area contributed by atoms with Crippen molar-refractivity contribution in [3.05, 3.63) is 0 Å². The van der Waals surface area contributed by atoms with Crippen molar-refractivity contribution in [3.8, 4) is 0 Å². The van der Waals surface area contributed by atoms with Crippen molar-refractivity contribution in [2.75, 3.05) is 26.4 Å². The minimum absolute atomic E-state index is 0.0829. The SMILES string of the molecule is O=C(CCC(CO)CO)OC(=O)CC(CO)CO. The van der Waals surface area contributed by atoms with Crippen LogP contribution in [0.1, 0.15) is 19.3 Å². The van der Waals surface area contributed by atoms with Gasteiger partial charge in [0, 0.05) is 44.7 Å². The van der Waals surface area contributed by atoms with Crippen LogP contribution in [0.3, 0.4) is 0 Å². The van der Waals surface area contributed by atoms with Crippen LogP contribution in [-0.4, -0.2) is 58.8 Å². The smallest absolute Gasteiger partial charge is 0.313 e. The Hall–Kier alpha value is -1.02. The van der Waals surface area contributed by atoms with Gasteiger partial charge in [-0.2, -0.15) is 0 Å². The van der Waals surface area contributed by atoms with Crippen molar-refractivity contribution in [3.63, 3.8) is 0 Å². The molecule has 0 aromatic carbocycles. The van der Waals surface area contributed by atoms with E-state index in [1.54, 1.807) is 0 Å². The molecule has 0 heterocycles. The van der Waals surface area contributed by atoms with E-state index in [1.807, 2.05) is 0 Å². The quantitative estimate of drug-likeness (QED) is 0.293. The Kier molecular flexibility index (Phi) is 9.39. The lowest BCUT2D eigenvalue weighted by Crippen LogP contribution is -2.21. The zero-order chi connectivity index (χ0) is 14.0. The number of carbonyl (C=O) groups is 2. The fourth-order valence-electron chi connectivity index (χ4n) is 1.20. The summed E-state index contributed by atoms with van der Waals surface area (Å²) in [6, 6.07) is 0. The van der Waals surface area contributed by atoms with Crippen LogP contribution >= 0.6 is 0 Å². The number of esters is 2. The zero-order valence-corrected chi connectivity index (χ0v) is 10.1. The fraction of sp³-hybridized carbons (Fsp3) is 0.818. The first-order valence-corrected chi connectivity index (χ1v) is 5.74. The van der Waals surface area contributed by atoms with Gasteiger partial charge in [0.15, 0.2) is 0 Å². The number of hydrogen-bond acceptors (Lipinski definition) is 7. The first kappa shape index (κ1) is 17.0. The van der Waals surface area contributed by atoms with Gasteiger partial charge in [-0.3, -0.25) is 9.59 Å². The predicted octanol–water partition coefficient (Wildman–Crippen LogP) is -1.57. The highest BCUT2D eigenvalue weighted by molar-refractivity contribution is 5.85. The molecule has 18 heavy (non-hydrogen) atoms. The maximum absolute atomic E-state index is 11.2. The molecule has 0 unspecified atom stereocenters.